The average Bonchev–Trinajstić information content (AvgIpc) is 2.66. The number of aliphatic hydroxyl groups is 1. The van der Waals surface area contributed by atoms with Gasteiger partial charge in [-0.2, -0.15) is 0 Å². The lowest BCUT2D eigenvalue weighted by molar-refractivity contribution is -0.157. The van der Waals surface area contributed by atoms with Gasteiger partial charge in [-0.15, -0.1) is 0 Å². The van der Waals surface area contributed by atoms with Gasteiger partial charge in [-0.3, -0.25) is 0 Å². The zero-order chi connectivity index (χ0) is 13.9. The topological polar surface area (TPSA) is 47.9 Å². The van der Waals surface area contributed by atoms with Crippen molar-refractivity contribution in [1.82, 2.24) is 0 Å². The van der Waals surface area contributed by atoms with E-state index in [-0.39, 0.29) is 12.2 Å². The molecule has 4 nitrogen and oxygen atoms in total. The average molecular weight is 266 g/mol. The molecule has 2 rings (SSSR count). The Morgan fingerprint density at radius 3 is 2.58 bits per heavy atom. The van der Waals surface area contributed by atoms with Gasteiger partial charge in [0.15, 0.2) is 5.79 Å². The van der Waals surface area contributed by atoms with Gasteiger partial charge in [-0.25, -0.2) is 0 Å². The minimum atomic E-state index is -0.664. The Balaban J connectivity index is 1.84. The summed E-state index contributed by atoms with van der Waals surface area (Å²) < 4.78 is 17.1. The Bertz CT molecular complexity index is 388. The van der Waals surface area contributed by atoms with Crippen LogP contribution >= 0.6 is 0 Å². The SMILES string of the molecule is C[C@H](O)[C@@H]1OC(C)(C)O[C@@H]1COCc1ccccc1. The molecule has 0 radical (unpaired) electrons. The number of benzene rings is 1. The van der Waals surface area contributed by atoms with Crippen molar-refractivity contribution in [1.29, 1.82) is 0 Å². The van der Waals surface area contributed by atoms with Crippen molar-refractivity contribution in [3.63, 3.8) is 0 Å². The first kappa shape index (κ1) is 14.5. The van der Waals surface area contributed by atoms with Gasteiger partial charge in [0.1, 0.15) is 12.2 Å². The van der Waals surface area contributed by atoms with Crippen molar-refractivity contribution in [2.24, 2.45) is 0 Å². The molecule has 0 unspecified atom stereocenters. The molecule has 1 aliphatic rings. The van der Waals surface area contributed by atoms with E-state index in [0.29, 0.717) is 13.2 Å². The second kappa shape index (κ2) is 6.01. The normalized spacial score (nSPS) is 27.4. The molecular formula is C15H22O4. The van der Waals surface area contributed by atoms with Crippen molar-refractivity contribution >= 4 is 0 Å². The largest absolute Gasteiger partial charge is 0.391 e. The minimum Gasteiger partial charge on any atom is -0.391 e. The second-order valence-electron chi connectivity index (χ2n) is 5.38. The molecule has 3 atom stereocenters. The number of ether oxygens (including phenoxy) is 3. The molecule has 0 aliphatic carbocycles. The summed E-state index contributed by atoms with van der Waals surface area (Å²) in [4.78, 5) is 0. The van der Waals surface area contributed by atoms with Gasteiger partial charge in [-0.05, 0) is 26.3 Å². The van der Waals surface area contributed by atoms with Crippen molar-refractivity contribution in [2.45, 2.75) is 51.5 Å². The van der Waals surface area contributed by atoms with Crippen LogP contribution in [0.1, 0.15) is 26.3 Å². The van der Waals surface area contributed by atoms with Gasteiger partial charge in [0, 0.05) is 0 Å². The van der Waals surface area contributed by atoms with Crippen LogP contribution in [0.25, 0.3) is 0 Å². The standard InChI is InChI=1S/C15H22O4/c1-11(16)14-13(18-15(2,3)19-14)10-17-9-12-7-5-4-6-8-12/h4-8,11,13-14,16H,9-10H2,1-3H3/t11-,13+,14-/m0/s1. The minimum absolute atomic E-state index is 0.237. The molecule has 1 aromatic rings. The Kier molecular flexibility index (Phi) is 4.58. The summed E-state index contributed by atoms with van der Waals surface area (Å²) in [6.45, 7) is 6.35. The third-order valence-corrected chi connectivity index (χ3v) is 3.09. The van der Waals surface area contributed by atoms with Crippen molar-refractivity contribution in [3.8, 4) is 0 Å². The zero-order valence-corrected chi connectivity index (χ0v) is 11.7. The van der Waals surface area contributed by atoms with Crippen LogP contribution in [0.5, 0.6) is 0 Å². The quantitative estimate of drug-likeness (QED) is 0.886. The number of rotatable bonds is 5. The molecule has 1 heterocycles. The second-order valence-corrected chi connectivity index (χ2v) is 5.38. The van der Waals surface area contributed by atoms with Gasteiger partial charge >= 0.3 is 0 Å². The fourth-order valence-corrected chi connectivity index (χ4v) is 2.27. The summed E-state index contributed by atoms with van der Waals surface area (Å²) in [5.41, 5.74) is 1.12. The Labute approximate surface area is 114 Å². The Morgan fingerprint density at radius 2 is 1.95 bits per heavy atom. The highest BCUT2D eigenvalue weighted by Crippen LogP contribution is 2.30. The molecule has 19 heavy (non-hydrogen) atoms. The van der Waals surface area contributed by atoms with Crippen LogP contribution in [0.15, 0.2) is 30.3 Å². The molecule has 1 aromatic carbocycles. The summed E-state index contributed by atoms with van der Waals surface area (Å²) in [6, 6.07) is 9.97. The Morgan fingerprint density at radius 1 is 1.26 bits per heavy atom. The van der Waals surface area contributed by atoms with E-state index in [4.69, 9.17) is 14.2 Å². The zero-order valence-electron chi connectivity index (χ0n) is 11.7. The van der Waals surface area contributed by atoms with Crippen LogP contribution in [0.2, 0.25) is 0 Å². The fourth-order valence-electron chi connectivity index (χ4n) is 2.27. The van der Waals surface area contributed by atoms with Gasteiger partial charge in [0.25, 0.3) is 0 Å². The first-order valence-electron chi connectivity index (χ1n) is 6.63. The molecule has 1 aliphatic heterocycles. The van der Waals surface area contributed by atoms with Crippen LogP contribution < -0.4 is 0 Å². The van der Waals surface area contributed by atoms with E-state index in [9.17, 15) is 5.11 Å². The summed E-state index contributed by atoms with van der Waals surface area (Å²) in [5.74, 6) is -0.664. The van der Waals surface area contributed by atoms with Crippen LogP contribution in [0, 0.1) is 0 Å². The third kappa shape index (κ3) is 4.01. The van der Waals surface area contributed by atoms with E-state index >= 15 is 0 Å². The molecular weight excluding hydrogens is 244 g/mol. The van der Waals surface area contributed by atoms with Crippen molar-refractivity contribution in [2.75, 3.05) is 6.61 Å². The summed E-state index contributed by atoms with van der Waals surface area (Å²) in [7, 11) is 0. The highest BCUT2D eigenvalue weighted by atomic mass is 16.8. The fraction of sp³-hybridized carbons (Fsp3) is 0.600. The van der Waals surface area contributed by atoms with Crippen molar-refractivity contribution < 1.29 is 19.3 Å². The monoisotopic (exact) mass is 266 g/mol. The van der Waals surface area contributed by atoms with Gasteiger partial charge in [-0.1, -0.05) is 30.3 Å². The van der Waals surface area contributed by atoms with Crippen molar-refractivity contribution in [3.05, 3.63) is 35.9 Å². The summed E-state index contributed by atoms with van der Waals surface area (Å²) >= 11 is 0. The maximum atomic E-state index is 9.71. The lowest BCUT2D eigenvalue weighted by Crippen LogP contribution is -2.36. The maximum absolute atomic E-state index is 9.71. The molecule has 0 spiro atoms. The molecule has 1 N–H and O–H groups in total. The van der Waals surface area contributed by atoms with E-state index in [2.05, 4.69) is 0 Å². The van der Waals surface area contributed by atoms with E-state index < -0.39 is 11.9 Å². The first-order valence-corrected chi connectivity index (χ1v) is 6.63. The lowest BCUT2D eigenvalue weighted by atomic mass is 10.1. The van der Waals surface area contributed by atoms with Crippen LogP contribution in [0.3, 0.4) is 0 Å². The van der Waals surface area contributed by atoms with Crippen LogP contribution in [-0.4, -0.2) is 35.8 Å². The van der Waals surface area contributed by atoms with Gasteiger partial charge in [0.2, 0.25) is 0 Å². The predicted octanol–water partition coefficient (Wildman–Crippen LogP) is 2.10. The van der Waals surface area contributed by atoms with E-state index in [0.717, 1.165) is 5.56 Å². The Hall–Kier alpha value is -0.940. The molecule has 1 saturated heterocycles. The number of hydrogen-bond acceptors (Lipinski definition) is 4. The van der Waals surface area contributed by atoms with Gasteiger partial charge in [0.05, 0.1) is 19.3 Å². The summed E-state index contributed by atoms with van der Waals surface area (Å²) in [6.07, 6.45) is -1.16. The molecule has 0 saturated carbocycles. The van der Waals surface area contributed by atoms with E-state index in [1.165, 1.54) is 0 Å². The number of aliphatic hydroxyl groups excluding tert-OH is 1. The smallest absolute Gasteiger partial charge is 0.164 e. The molecule has 106 valence electrons. The predicted molar refractivity (Wildman–Crippen MR) is 71.6 cm³/mol. The van der Waals surface area contributed by atoms with Crippen LogP contribution in [-0.2, 0) is 20.8 Å². The van der Waals surface area contributed by atoms with Crippen LogP contribution in [0.4, 0.5) is 0 Å². The molecule has 0 amide bonds. The highest BCUT2D eigenvalue weighted by molar-refractivity contribution is 5.13. The van der Waals surface area contributed by atoms with E-state index in [1.54, 1.807) is 6.92 Å². The molecule has 1 fully saturated rings. The summed E-state index contributed by atoms with van der Waals surface area (Å²) in [5, 5.41) is 9.71. The third-order valence-electron chi connectivity index (χ3n) is 3.09. The molecule has 0 aromatic heterocycles. The first-order chi connectivity index (χ1) is 8.98. The molecule has 0 bridgehead atoms. The number of hydrogen-bond donors (Lipinski definition) is 1. The van der Waals surface area contributed by atoms with Gasteiger partial charge < -0.3 is 19.3 Å². The van der Waals surface area contributed by atoms with E-state index in [1.807, 2.05) is 44.2 Å². The highest BCUT2D eigenvalue weighted by Gasteiger charge is 2.43. The lowest BCUT2D eigenvalue weighted by Gasteiger charge is -2.19. The molecule has 4 heteroatoms. The maximum Gasteiger partial charge on any atom is 0.164 e.